The van der Waals surface area contributed by atoms with E-state index in [0.717, 1.165) is 12.0 Å². The Balaban J connectivity index is 1.98. The van der Waals surface area contributed by atoms with Gasteiger partial charge in [0.1, 0.15) is 5.60 Å². The van der Waals surface area contributed by atoms with E-state index in [1.807, 2.05) is 6.07 Å². The zero-order valence-electron chi connectivity index (χ0n) is 9.48. The van der Waals surface area contributed by atoms with Gasteiger partial charge in [-0.3, -0.25) is 0 Å². The topological polar surface area (TPSA) is 29.5 Å². The Morgan fingerprint density at radius 3 is 2.69 bits per heavy atom. The summed E-state index contributed by atoms with van der Waals surface area (Å²) in [5.74, 6) is 0.667. The summed E-state index contributed by atoms with van der Waals surface area (Å²) in [6.45, 7) is 1.13. The van der Waals surface area contributed by atoms with Gasteiger partial charge in [-0.15, -0.1) is 0 Å². The fourth-order valence-corrected chi connectivity index (χ4v) is 2.76. The molecule has 2 aliphatic rings. The van der Waals surface area contributed by atoms with Gasteiger partial charge in [0.25, 0.3) is 0 Å². The third-order valence-corrected chi connectivity index (χ3v) is 4.01. The summed E-state index contributed by atoms with van der Waals surface area (Å²) >= 11 is 0. The minimum atomic E-state index is -0.730. The molecule has 1 atom stereocenters. The summed E-state index contributed by atoms with van der Waals surface area (Å²) < 4.78 is 5.35. The number of rotatable bonds is 2. The van der Waals surface area contributed by atoms with E-state index in [0.29, 0.717) is 19.1 Å². The molecule has 0 aromatic heterocycles. The van der Waals surface area contributed by atoms with Crippen LogP contribution in [0.15, 0.2) is 24.3 Å². The van der Waals surface area contributed by atoms with Crippen LogP contribution in [-0.2, 0) is 10.3 Å². The first-order valence-corrected chi connectivity index (χ1v) is 6.19. The Bertz CT molecular complexity index is 376. The molecule has 1 aromatic carbocycles. The lowest BCUT2D eigenvalue weighted by molar-refractivity contribution is 0.0218. The van der Waals surface area contributed by atoms with E-state index in [4.69, 9.17) is 4.74 Å². The molecule has 1 aliphatic heterocycles. The van der Waals surface area contributed by atoms with Gasteiger partial charge in [-0.1, -0.05) is 30.7 Å². The second-order valence-electron chi connectivity index (χ2n) is 5.05. The molecule has 2 heteroatoms. The molecule has 0 spiro atoms. The van der Waals surface area contributed by atoms with Gasteiger partial charge in [-0.05, 0) is 29.9 Å². The first kappa shape index (κ1) is 10.3. The highest BCUT2D eigenvalue weighted by molar-refractivity contribution is 5.36. The van der Waals surface area contributed by atoms with Crippen molar-refractivity contribution in [3.63, 3.8) is 0 Å². The SMILES string of the molecule is OC1(c2ccccc2C2CCC2)CCOC1. The molecule has 1 unspecified atom stereocenters. The van der Waals surface area contributed by atoms with Crippen molar-refractivity contribution in [2.45, 2.75) is 37.2 Å². The second kappa shape index (κ2) is 3.86. The van der Waals surface area contributed by atoms with Crippen LogP contribution >= 0.6 is 0 Å². The van der Waals surface area contributed by atoms with E-state index in [-0.39, 0.29) is 0 Å². The largest absolute Gasteiger partial charge is 0.383 e. The average molecular weight is 218 g/mol. The Labute approximate surface area is 96.2 Å². The van der Waals surface area contributed by atoms with Crippen LogP contribution < -0.4 is 0 Å². The maximum absolute atomic E-state index is 10.6. The number of hydrogen-bond acceptors (Lipinski definition) is 2. The van der Waals surface area contributed by atoms with Crippen LogP contribution in [0.5, 0.6) is 0 Å². The lowest BCUT2D eigenvalue weighted by Gasteiger charge is -2.32. The van der Waals surface area contributed by atoms with Crippen LogP contribution in [0.1, 0.15) is 42.7 Å². The van der Waals surface area contributed by atoms with Gasteiger partial charge in [0.15, 0.2) is 0 Å². The van der Waals surface area contributed by atoms with Crippen LogP contribution in [-0.4, -0.2) is 18.3 Å². The summed E-state index contributed by atoms with van der Waals surface area (Å²) in [7, 11) is 0. The minimum absolute atomic E-state index is 0.455. The fourth-order valence-electron chi connectivity index (χ4n) is 2.76. The van der Waals surface area contributed by atoms with Crippen LogP contribution in [0, 0.1) is 0 Å². The lowest BCUT2D eigenvalue weighted by atomic mass is 9.75. The van der Waals surface area contributed by atoms with Crippen molar-refractivity contribution in [3.8, 4) is 0 Å². The zero-order chi connectivity index (χ0) is 11.0. The predicted octanol–water partition coefficient (Wildman–Crippen LogP) is 2.56. The van der Waals surface area contributed by atoms with E-state index in [1.54, 1.807) is 0 Å². The lowest BCUT2D eigenvalue weighted by Crippen LogP contribution is -2.28. The summed E-state index contributed by atoms with van der Waals surface area (Å²) in [6.07, 6.45) is 4.60. The Morgan fingerprint density at radius 2 is 2.06 bits per heavy atom. The number of hydrogen-bond donors (Lipinski definition) is 1. The van der Waals surface area contributed by atoms with Crippen molar-refractivity contribution in [2.24, 2.45) is 0 Å². The zero-order valence-corrected chi connectivity index (χ0v) is 9.48. The number of aliphatic hydroxyl groups is 1. The molecule has 1 saturated carbocycles. The molecular weight excluding hydrogens is 200 g/mol. The molecule has 1 N–H and O–H groups in total. The molecule has 3 rings (SSSR count). The van der Waals surface area contributed by atoms with E-state index in [1.165, 1.54) is 24.8 Å². The van der Waals surface area contributed by atoms with Gasteiger partial charge < -0.3 is 9.84 Å². The van der Waals surface area contributed by atoms with Gasteiger partial charge in [-0.25, -0.2) is 0 Å². The van der Waals surface area contributed by atoms with E-state index < -0.39 is 5.60 Å². The highest BCUT2D eigenvalue weighted by atomic mass is 16.5. The van der Waals surface area contributed by atoms with Crippen molar-refractivity contribution in [2.75, 3.05) is 13.2 Å². The minimum Gasteiger partial charge on any atom is -0.383 e. The summed E-state index contributed by atoms with van der Waals surface area (Å²) in [5, 5.41) is 10.6. The van der Waals surface area contributed by atoms with Crippen LogP contribution in [0.4, 0.5) is 0 Å². The van der Waals surface area contributed by atoms with Crippen molar-refractivity contribution in [1.29, 1.82) is 0 Å². The van der Waals surface area contributed by atoms with Crippen LogP contribution in [0.2, 0.25) is 0 Å². The Kier molecular flexibility index (Phi) is 2.49. The first-order chi connectivity index (χ1) is 7.80. The number of benzene rings is 1. The molecule has 0 amide bonds. The molecule has 0 radical (unpaired) electrons. The molecule has 1 aromatic rings. The van der Waals surface area contributed by atoms with Crippen molar-refractivity contribution >= 4 is 0 Å². The molecule has 1 aliphatic carbocycles. The number of ether oxygens (including phenoxy) is 1. The average Bonchev–Trinajstić information content (AvgIpc) is 2.65. The monoisotopic (exact) mass is 218 g/mol. The van der Waals surface area contributed by atoms with E-state index in [9.17, 15) is 5.11 Å². The molecule has 16 heavy (non-hydrogen) atoms. The van der Waals surface area contributed by atoms with Crippen LogP contribution in [0.3, 0.4) is 0 Å². The maximum atomic E-state index is 10.6. The Morgan fingerprint density at radius 1 is 1.25 bits per heavy atom. The van der Waals surface area contributed by atoms with Gasteiger partial charge in [0.2, 0.25) is 0 Å². The molecule has 2 nitrogen and oxygen atoms in total. The van der Waals surface area contributed by atoms with Crippen LogP contribution in [0.25, 0.3) is 0 Å². The normalized spacial score (nSPS) is 30.3. The molecule has 86 valence electrons. The predicted molar refractivity (Wildman–Crippen MR) is 62.4 cm³/mol. The smallest absolute Gasteiger partial charge is 0.115 e. The maximum Gasteiger partial charge on any atom is 0.115 e. The second-order valence-corrected chi connectivity index (χ2v) is 5.05. The quantitative estimate of drug-likeness (QED) is 0.826. The Hall–Kier alpha value is -0.860. The standard InChI is InChI=1S/C14H18O2/c15-14(8-9-16-10-14)13-7-2-1-6-12(13)11-4-3-5-11/h1-2,6-7,11,15H,3-5,8-10H2. The highest BCUT2D eigenvalue weighted by Crippen LogP contribution is 2.42. The highest BCUT2D eigenvalue weighted by Gasteiger charge is 2.37. The summed E-state index contributed by atoms with van der Waals surface area (Å²) in [6, 6.07) is 8.35. The molecule has 2 fully saturated rings. The van der Waals surface area contributed by atoms with E-state index in [2.05, 4.69) is 18.2 Å². The molecule has 1 saturated heterocycles. The van der Waals surface area contributed by atoms with Gasteiger partial charge >= 0.3 is 0 Å². The third-order valence-electron chi connectivity index (χ3n) is 4.01. The van der Waals surface area contributed by atoms with Gasteiger partial charge in [0, 0.05) is 13.0 Å². The molecular formula is C14H18O2. The van der Waals surface area contributed by atoms with Crippen molar-refractivity contribution < 1.29 is 9.84 Å². The summed E-state index contributed by atoms with van der Waals surface area (Å²) in [5.41, 5.74) is 1.73. The van der Waals surface area contributed by atoms with Gasteiger partial charge in [-0.2, -0.15) is 0 Å². The summed E-state index contributed by atoms with van der Waals surface area (Å²) in [4.78, 5) is 0. The molecule has 1 heterocycles. The fraction of sp³-hybridized carbons (Fsp3) is 0.571. The first-order valence-electron chi connectivity index (χ1n) is 6.19. The van der Waals surface area contributed by atoms with Crippen molar-refractivity contribution in [1.82, 2.24) is 0 Å². The van der Waals surface area contributed by atoms with Gasteiger partial charge in [0.05, 0.1) is 6.61 Å². The molecule has 0 bridgehead atoms. The van der Waals surface area contributed by atoms with E-state index >= 15 is 0 Å². The third kappa shape index (κ3) is 1.57. The van der Waals surface area contributed by atoms with Crippen molar-refractivity contribution in [3.05, 3.63) is 35.4 Å².